The lowest BCUT2D eigenvalue weighted by molar-refractivity contribution is 0.561. The van der Waals surface area contributed by atoms with Gasteiger partial charge in [0.15, 0.2) is 0 Å². The van der Waals surface area contributed by atoms with Crippen LogP contribution in [0.25, 0.3) is 0 Å². The van der Waals surface area contributed by atoms with E-state index in [0.717, 1.165) is 0 Å². The summed E-state index contributed by atoms with van der Waals surface area (Å²) < 4.78 is 15.6. The largest absolute Gasteiger partial charge is 0.226 e. The van der Waals surface area contributed by atoms with E-state index in [2.05, 4.69) is 100 Å². The molecule has 0 saturated carbocycles. The smallest absolute Gasteiger partial charge is 0.0903 e. The van der Waals surface area contributed by atoms with Crippen molar-refractivity contribution in [2.75, 3.05) is 0 Å². The van der Waals surface area contributed by atoms with Crippen molar-refractivity contribution < 1.29 is 4.20 Å². The molecule has 170 valence electrons. The van der Waals surface area contributed by atoms with Crippen molar-refractivity contribution in [3.8, 4) is 0 Å². The molecule has 0 aromatic heterocycles. The summed E-state index contributed by atoms with van der Waals surface area (Å²) >= 11 is 0. The molecule has 0 spiro atoms. The van der Waals surface area contributed by atoms with E-state index in [1.165, 1.54) is 44.5 Å². The second-order valence-corrected chi connectivity index (χ2v) is 14.3. The molecular formula is C29H42FP. The number of fused-ring (bicyclic) bond motifs is 2. The molecule has 0 aliphatic carbocycles. The SMILES string of the molecule is Cc1cc(C(C)(C)C)cc2c1CP(F)Cc1c(cc(C(C)(C)C)cc1C(C)(C)C)C2C. The lowest BCUT2D eigenvalue weighted by Gasteiger charge is -2.34. The Morgan fingerprint density at radius 3 is 1.65 bits per heavy atom. The Morgan fingerprint density at radius 2 is 1.16 bits per heavy atom. The zero-order chi connectivity index (χ0) is 23.5. The van der Waals surface area contributed by atoms with Crippen LogP contribution in [0.5, 0.6) is 0 Å². The average molecular weight is 441 g/mol. The van der Waals surface area contributed by atoms with Gasteiger partial charge in [0.05, 0.1) is 8.23 Å². The first-order valence-electron chi connectivity index (χ1n) is 11.7. The standard InChI is InChI=1S/C29H42FP/c1-18-12-20(27(3,4)5)13-22-19(2)23-14-21(28(6,7)8)15-26(29(9,10)11)25(23)17-31(30)16-24(18)22/h12-15,19H,16-17H2,1-11H3. The van der Waals surface area contributed by atoms with Crippen LogP contribution in [0.4, 0.5) is 4.20 Å². The molecule has 0 N–H and O–H groups in total. The van der Waals surface area contributed by atoms with Crippen molar-refractivity contribution in [3.05, 3.63) is 68.8 Å². The number of hydrogen-bond donors (Lipinski definition) is 0. The Hall–Kier alpha value is -1.20. The van der Waals surface area contributed by atoms with E-state index in [4.69, 9.17) is 0 Å². The minimum absolute atomic E-state index is 0.00750. The number of benzene rings is 2. The van der Waals surface area contributed by atoms with E-state index in [-0.39, 0.29) is 22.2 Å². The van der Waals surface area contributed by atoms with Crippen molar-refractivity contribution in [2.45, 2.75) is 111 Å². The topological polar surface area (TPSA) is 0 Å². The van der Waals surface area contributed by atoms with Crippen molar-refractivity contribution in [1.82, 2.24) is 0 Å². The van der Waals surface area contributed by atoms with Gasteiger partial charge in [-0.3, -0.25) is 0 Å². The zero-order valence-corrected chi connectivity index (χ0v) is 22.5. The molecule has 2 atom stereocenters. The molecule has 0 saturated heterocycles. The lowest BCUT2D eigenvalue weighted by atomic mass is 9.73. The predicted octanol–water partition coefficient (Wildman–Crippen LogP) is 9.42. The first kappa shape index (κ1) is 24.4. The van der Waals surface area contributed by atoms with Gasteiger partial charge in [-0.25, -0.2) is 4.20 Å². The highest BCUT2D eigenvalue weighted by Crippen LogP contribution is 2.53. The molecule has 2 heteroatoms. The van der Waals surface area contributed by atoms with Crippen LogP contribution in [0.3, 0.4) is 0 Å². The van der Waals surface area contributed by atoms with Crippen LogP contribution in [0, 0.1) is 6.92 Å². The molecule has 0 fully saturated rings. The van der Waals surface area contributed by atoms with Crippen LogP contribution in [0.15, 0.2) is 24.3 Å². The van der Waals surface area contributed by atoms with Gasteiger partial charge in [0, 0.05) is 18.2 Å². The summed E-state index contributed by atoms with van der Waals surface area (Å²) in [5, 5.41) is 0. The molecule has 0 nitrogen and oxygen atoms in total. The fourth-order valence-corrected chi connectivity index (χ4v) is 6.39. The number of halogens is 1. The van der Waals surface area contributed by atoms with Gasteiger partial charge in [0.2, 0.25) is 0 Å². The van der Waals surface area contributed by atoms with Crippen LogP contribution in [0.1, 0.15) is 120 Å². The summed E-state index contributed by atoms with van der Waals surface area (Å²) in [4.78, 5) is 0. The van der Waals surface area contributed by atoms with Crippen molar-refractivity contribution in [3.63, 3.8) is 0 Å². The molecule has 2 aromatic rings. The fraction of sp³-hybridized carbons (Fsp3) is 0.586. The van der Waals surface area contributed by atoms with Gasteiger partial charge in [0.1, 0.15) is 0 Å². The Morgan fingerprint density at radius 1 is 0.710 bits per heavy atom. The Kier molecular flexibility index (Phi) is 6.30. The highest BCUT2D eigenvalue weighted by atomic mass is 31.2. The highest BCUT2D eigenvalue weighted by Gasteiger charge is 2.32. The summed E-state index contributed by atoms with van der Waals surface area (Å²) in [7, 11) is -1.58. The van der Waals surface area contributed by atoms with Crippen LogP contribution < -0.4 is 0 Å². The van der Waals surface area contributed by atoms with Gasteiger partial charge in [-0.05, 0) is 67.7 Å². The first-order chi connectivity index (χ1) is 14.0. The van der Waals surface area contributed by atoms with Gasteiger partial charge in [-0.2, -0.15) is 0 Å². The van der Waals surface area contributed by atoms with Gasteiger partial charge in [0.25, 0.3) is 0 Å². The third-order valence-corrected chi connectivity index (χ3v) is 8.24. The van der Waals surface area contributed by atoms with Crippen LogP contribution in [0.2, 0.25) is 0 Å². The van der Waals surface area contributed by atoms with E-state index < -0.39 is 8.23 Å². The van der Waals surface area contributed by atoms with E-state index in [9.17, 15) is 0 Å². The minimum Gasteiger partial charge on any atom is -0.226 e. The third-order valence-electron chi connectivity index (χ3n) is 6.92. The van der Waals surface area contributed by atoms with E-state index in [1.54, 1.807) is 0 Å². The molecule has 2 unspecified atom stereocenters. The van der Waals surface area contributed by atoms with Crippen molar-refractivity contribution in [1.29, 1.82) is 0 Å². The highest BCUT2D eigenvalue weighted by molar-refractivity contribution is 7.50. The summed E-state index contributed by atoms with van der Waals surface area (Å²) in [6.07, 6.45) is 1.15. The number of rotatable bonds is 0. The number of aryl methyl sites for hydroxylation is 1. The fourth-order valence-electron chi connectivity index (χ4n) is 4.81. The Labute approximate surface area is 191 Å². The van der Waals surface area contributed by atoms with E-state index in [0.29, 0.717) is 12.3 Å². The molecule has 0 bridgehead atoms. The normalized spacial score (nSPS) is 20.0. The second kappa shape index (κ2) is 7.98. The zero-order valence-electron chi connectivity index (χ0n) is 21.6. The molecule has 3 rings (SSSR count). The molecule has 0 radical (unpaired) electrons. The maximum Gasteiger partial charge on any atom is 0.0903 e. The maximum absolute atomic E-state index is 15.6. The molecule has 31 heavy (non-hydrogen) atoms. The Balaban J connectivity index is 2.37. The van der Waals surface area contributed by atoms with Gasteiger partial charge < -0.3 is 0 Å². The maximum atomic E-state index is 15.6. The quantitative estimate of drug-likeness (QED) is 0.358. The van der Waals surface area contributed by atoms with Crippen LogP contribution in [-0.2, 0) is 28.6 Å². The Bertz CT molecular complexity index is 980. The monoisotopic (exact) mass is 440 g/mol. The van der Waals surface area contributed by atoms with Crippen molar-refractivity contribution >= 4 is 8.23 Å². The first-order valence-corrected chi connectivity index (χ1v) is 13.3. The lowest BCUT2D eigenvalue weighted by Crippen LogP contribution is -2.22. The molecule has 2 aromatic carbocycles. The number of hydrogen-bond acceptors (Lipinski definition) is 0. The molecule has 1 aliphatic rings. The van der Waals surface area contributed by atoms with Crippen molar-refractivity contribution in [2.24, 2.45) is 0 Å². The minimum atomic E-state index is -1.58. The van der Waals surface area contributed by atoms with Gasteiger partial charge in [-0.15, -0.1) is 0 Å². The van der Waals surface area contributed by atoms with Gasteiger partial charge in [-0.1, -0.05) is 93.5 Å². The summed E-state index contributed by atoms with van der Waals surface area (Å²) in [6.45, 7) is 25.0. The summed E-state index contributed by atoms with van der Waals surface area (Å²) in [6, 6.07) is 9.44. The van der Waals surface area contributed by atoms with Crippen LogP contribution >= 0.6 is 8.23 Å². The summed E-state index contributed by atoms with van der Waals surface area (Å²) in [5.41, 5.74) is 10.6. The molecule has 0 amide bonds. The van der Waals surface area contributed by atoms with Gasteiger partial charge >= 0.3 is 0 Å². The third kappa shape index (κ3) is 4.93. The van der Waals surface area contributed by atoms with Crippen LogP contribution in [-0.4, -0.2) is 0 Å². The van der Waals surface area contributed by atoms with E-state index in [1.807, 2.05) is 0 Å². The average Bonchev–Trinajstić information content (AvgIpc) is 2.58. The molecule has 1 heterocycles. The summed E-state index contributed by atoms with van der Waals surface area (Å²) in [5.74, 6) is 0.262. The molecule has 1 aliphatic heterocycles. The predicted molar refractivity (Wildman–Crippen MR) is 137 cm³/mol. The van der Waals surface area contributed by atoms with E-state index >= 15 is 4.20 Å². The second-order valence-electron chi connectivity index (χ2n) is 12.7. The molecular weight excluding hydrogens is 398 g/mol.